The highest BCUT2D eigenvalue weighted by Crippen LogP contribution is 2.23. The quantitative estimate of drug-likeness (QED) is 0.636. The summed E-state index contributed by atoms with van der Waals surface area (Å²) in [7, 11) is 1.44. The van der Waals surface area contributed by atoms with Crippen molar-refractivity contribution in [2.45, 2.75) is 12.8 Å². The Hall–Kier alpha value is -2.18. The van der Waals surface area contributed by atoms with Crippen molar-refractivity contribution in [2.24, 2.45) is 5.16 Å². The standard InChI is InChI=1S/C15H14Cl2N4O2/c1-23-21-13(10-4-5-11(16)12(17)9-10)6-7-15(22)19-14-3-2-8-18-20-14/h2-5,8-9H,6-7H2,1H3,(H,19,20,22)/b21-13+. The molecule has 0 aliphatic rings. The number of rotatable bonds is 6. The van der Waals surface area contributed by atoms with E-state index in [1.54, 1.807) is 30.3 Å². The molecule has 2 aromatic rings. The molecule has 6 nitrogen and oxygen atoms in total. The third-order valence-corrected chi connectivity index (χ3v) is 3.62. The van der Waals surface area contributed by atoms with E-state index < -0.39 is 0 Å². The van der Waals surface area contributed by atoms with Crippen LogP contribution in [0.4, 0.5) is 5.82 Å². The molecule has 2 rings (SSSR count). The smallest absolute Gasteiger partial charge is 0.225 e. The van der Waals surface area contributed by atoms with Crippen LogP contribution in [-0.2, 0) is 9.63 Å². The van der Waals surface area contributed by atoms with Gasteiger partial charge in [-0.2, -0.15) is 5.10 Å². The maximum Gasteiger partial charge on any atom is 0.225 e. The largest absolute Gasteiger partial charge is 0.399 e. The topological polar surface area (TPSA) is 76.5 Å². The Bertz CT molecular complexity index is 708. The van der Waals surface area contributed by atoms with Crippen LogP contribution in [0.1, 0.15) is 18.4 Å². The molecule has 0 radical (unpaired) electrons. The van der Waals surface area contributed by atoms with Gasteiger partial charge < -0.3 is 10.2 Å². The Balaban J connectivity index is 2.01. The molecular formula is C15H14Cl2N4O2. The molecule has 0 atom stereocenters. The van der Waals surface area contributed by atoms with Gasteiger partial charge in [0.05, 0.1) is 15.8 Å². The zero-order valence-corrected chi connectivity index (χ0v) is 13.8. The molecule has 8 heteroatoms. The maximum atomic E-state index is 12.0. The Morgan fingerprint density at radius 2 is 2.09 bits per heavy atom. The highest BCUT2D eigenvalue weighted by molar-refractivity contribution is 6.42. The average Bonchev–Trinajstić information content (AvgIpc) is 2.55. The average molecular weight is 353 g/mol. The summed E-state index contributed by atoms with van der Waals surface area (Å²) >= 11 is 11.9. The summed E-state index contributed by atoms with van der Waals surface area (Å²) in [5.74, 6) is 0.201. The van der Waals surface area contributed by atoms with Crippen molar-refractivity contribution in [1.29, 1.82) is 0 Å². The second-order valence-electron chi connectivity index (χ2n) is 4.51. The van der Waals surface area contributed by atoms with Crippen molar-refractivity contribution >= 4 is 40.6 Å². The highest BCUT2D eigenvalue weighted by Gasteiger charge is 2.11. The molecule has 0 bridgehead atoms. The van der Waals surface area contributed by atoms with Crippen LogP contribution in [0, 0.1) is 0 Å². The maximum absolute atomic E-state index is 12.0. The number of halogens is 2. The molecule has 1 heterocycles. The van der Waals surface area contributed by atoms with Gasteiger partial charge in [0.1, 0.15) is 7.11 Å². The Labute approximate surface area is 143 Å². The normalized spacial score (nSPS) is 11.2. The van der Waals surface area contributed by atoms with Gasteiger partial charge >= 0.3 is 0 Å². The van der Waals surface area contributed by atoms with Crippen molar-refractivity contribution in [3.8, 4) is 0 Å². The predicted molar refractivity (Wildman–Crippen MR) is 89.9 cm³/mol. The van der Waals surface area contributed by atoms with E-state index in [9.17, 15) is 4.79 Å². The molecule has 23 heavy (non-hydrogen) atoms. The van der Waals surface area contributed by atoms with E-state index in [0.29, 0.717) is 28.0 Å². The number of carbonyl (C=O) groups is 1. The van der Waals surface area contributed by atoms with Crippen LogP contribution >= 0.6 is 23.2 Å². The van der Waals surface area contributed by atoms with Crippen molar-refractivity contribution in [3.63, 3.8) is 0 Å². The van der Waals surface area contributed by atoms with Crippen molar-refractivity contribution < 1.29 is 9.63 Å². The number of oxime groups is 1. The van der Waals surface area contributed by atoms with Crippen LogP contribution in [0.3, 0.4) is 0 Å². The van der Waals surface area contributed by atoms with Gasteiger partial charge in [-0.05, 0) is 24.3 Å². The summed E-state index contributed by atoms with van der Waals surface area (Å²) in [6.07, 6.45) is 2.11. The van der Waals surface area contributed by atoms with E-state index in [-0.39, 0.29) is 12.3 Å². The number of anilines is 1. The lowest BCUT2D eigenvalue weighted by atomic mass is 10.1. The third-order valence-electron chi connectivity index (χ3n) is 2.88. The minimum Gasteiger partial charge on any atom is -0.399 e. The monoisotopic (exact) mass is 352 g/mol. The molecule has 1 amide bonds. The number of amides is 1. The lowest BCUT2D eigenvalue weighted by Gasteiger charge is -2.08. The summed E-state index contributed by atoms with van der Waals surface area (Å²) in [5.41, 5.74) is 1.34. The molecule has 0 saturated carbocycles. The Morgan fingerprint density at radius 3 is 2.74 bits per heavy atom. The minimum atomic E-state index is -0.200. The number of nitrogens with zero attached hydrogens (tertiary/aromatic N) is 3. The summed E-state index contributed by atoms with van der Waals surface area (Å²) < 4.78 is 0. The summed E-state index contributed by atoms with van der Waals surface area (Å²) in [6.45, 7) is 0. The lowest BCUT2D eigenvalue weighted by molar-refractivity contribution is -0.116. The lowest BCUT2D eigenvalue weighted by Crippen LogP contribution is -2.15. The first-order valence-corrected chi connectivity index (χ1v) is 7.48. The second kappa shape index (κ2) is 8.45. The van der Waals surface area contributed by atoms with E-state index in [1.807, 2.05) is 0 Å². The van der Waals surface area contributed by atoms with Gasteiger partial charge in [-0.1, -0.05) is 34.4 Å². The third kappa shape index (κ3) is 5.19. The first kappa shape index (κ1) is 17.2. The number of hydrogen-bond donors (Lipinski definition) is 1. The molecule has 0 aliphatic carbocycles. The highest BCUT2D eigenvalue weighted by atomic mass is 35.5. The van der Waals surface area contributed by atoms with Crippen LogP contribution in [0.25, 0.3) is 0 Å². The van der Waals surface area contributed by atoms with Gasteiger partial charge in [-0.15, -0.1) is 5.10 Å². The SMILES string of the molecule is CO/N=C(\CCC(=O)Nc1cccnn1)c1ccc(Cl)c(Cl)c1. The molecule has 120 valence electrons. The molecule has 0 saturated heterocycles. The van der Waals surface area contributed by atoms with Gasteiger partial charge in [-0.25, -0.2) is 0 Å². The zero-order chi connectivity index (χ0) is 16.7. The van der Waals surface area contributed by atoms with Gasteiger partial charge in [0.25, 0.3) is 0 Å². The molecule has 0 unspecified atom stereocenters. The minimum absolute atomic E-state index is 0.200. The van der Waals surface area contributed by atoms with Crippen molar-refractivity contribution in [3.05, 3.63) is 52.1 Å². The molecular weight excluding hydrogens is 339 g/mol. The van der Waals surface area contributed by atoms with Crippen LogP contribution in [0.15, 0.2) is 41.7 Å². The molecule has 1 N–H and O–H groups in total. The fourth-order valence-corrected chi connectivity index (χ4v) is 2.13. The Morgan fingerprint density at radius 1 is 1.26 bits per heavy atom. The van der Waals surface area contributed by atoms with E-state index in [1.165, 1.54) is 13.3 Å². The molecule has 1 aromatic heterocycles. The Kier molecular flexibility index (Phi) is 6.31. The van der Waals surface area contributed by atoms with E-state index in [2.05, 4.69) is 20.7 Å². The van der Waals surface area contributed by atoms with Crippen molar-refractivity contribution in [1.82, 2.24) is 10.2 Å². The van der Waals surface area contributed by atoms with E-state index >= 15 is 0 Å². The fraction of sp³-hybridized carbons (Fsp3) is 0.200. The van der Waals surface area contributed by atoms with E-state index in [4.69, 9.17) is 28.0 Å². The van der Waals surface area contributed by atoms with E-state index in [0.717, 1.165) is 5.56 Å². The van der Waals surface area contributed by atoms with Crippen LogP contribution in [0.2, 0.25) is 10.0 Å². The first-order chi connectivity index (χ1) is 11.1. The number of nitrogens with one attached hydrogen (secondary N) is 1. The molecule has 0 fully saturated rings. The number of aromatic nitrogens is 2. The predicted octanol–water partition coefficient (Wildman–Crippen LogP) is 3.55. The van der Waals surface area contributed by atoms with Gasteiger partial charge in [0.2, 0.25) is 5.91 Å². The number of carbonyl (C=O) groups excluding carboxylic acids is 1. The van der Waals surface area contributed by atoms with Crippen LogP contribution in [-0.4, -0.2) is 28.9 Å². The summed E-state index contributed by atoms with van der Waals surface area (Å²) in [5, 5.41) is 15.0. The molecule has 1 aromatic carbocycles. The zero-order valence-electron chi connectivity index (χ0n) is 12.3. The van der Waals surface area contributed by atoms with Crippen LogP contribution in [0.5, 0.6) is 0 Å². The summed E-state index contributed by atoms with van der Waals surface area (Å²) in [6, 6.07) is 8.48. The number of hydrogen-bond acceptors (Lipinski definition) is 5. The molecule has 0 aliphatic heterocycles. The fourth-order valence-electron chi connectivity index (χ4n) is 1.83. The first-order valence-electron chi connectivity index (χ1n) is 6.73. The van der Waals surface area contributed by atoms with Gasteiger partial charge in [-0.3, -0.25) is 4.79 Å². The van der Waals surface area contributed by atoms with Gasteiger partial charge in [0, 0.05) is 24.6 Å². The van der Waals surface area contributed by atoms with Crippen molar-refractivity contribution in [2.75, 3.05) is 12.4 Å². The summed E-state index contributed by atoms with van der Waals surface area (Å²) in [4.78, 5) is 16.8. The van der Waals surface area contributed by atoms with Crippen LogP contribution < -0.4 is 5.32 Å². The second-order valence-corrected chi connectivity index (χ2v) is 5.32. The number of benzene rings is 1. The molecule has 0 spiro atoms. The van der Waals surface area contributed by atoms with Gasteiger partial charge in [0.15, 0.2) is 5.82 Å².